The number of aryl methyl sites for hydroxylation is 1. The van der Waals surface area contributed by atoms with Crippen molar-refractivity contribution in [3.8, 4) is 0 Å². The number of carbonyl (C=O) groups excluding carboxylic acids is 2. The summed E-state index contributed by atoms with van der Waals surface area (Å²) in [5, 5.41) is 14.0. The van der Waals surface area contributed by atoms with E-state index in [9.17, 15) is 19.7 Å². The maximum atomic E-state index is 13.0. The highest BCUT2D eigenvalue weighted by molar-refractivity contribution is 5.98. The van der Waals surface area contributed by atoms with Gasteiger partial charge in [-0.3, -0.25) is 19.7 Å². The van der Waals surface area contributed by atoms with Gasteiger partial charge in [0.05, 0.1) is 4.92 Å². The number of carbonyl (C=O) groups is 2. The van der Waals surface area contributed by atoms with E-state index in [1.807, 2.05) is 44.3 Å². The Hall–Kier alpha value is -3.42. The lowest BCUT2D eigenvalue weighted by Crippen LogP contribution is -2.49. The molecule has 1 aliphatic rings. The van der Waals surface area contributed by atoms with Crippen LogP contribution in [0, 0.1) is 17.0 Å². The number of rotatable bonds is 7. The van der Waals surface area contributed by atoms with E-state index < -0.39 is 11.0 Å². The lowest BCUT2D eigenvalue weighted by Gasteiger charge is -2.29. The van der Waals surface area contributed by atoms with Gasteiger partial charge >= 0.3 is 0 Å². The van der Waals surface area contributed by atoms with Crippen molar-refractivity contribution in [1.29, 1.82) is 0 Å². The lowest BCUT2D eigenvalue weighted by atomic mass is 10.1. The van der Waals surface area contributed by atoms with Gasteiger partial charge in [-0.05, 0) is 51.0 Å². The van der Waals surface area contributed by atoms with E-state index in [0.717, 1.165) is 12.1 Å². The summed E-state index contributed by atoms with van der Waals surface area (Å²) in [7, 11) is 1.98. The second-order valence-corrected chi connectivity index (χ2v) is 7.96. The number of likely N-dealkylation sites (tertiary alicyclic amines) is 1. The van der Waals surface area contributed by atoms with Crippen molar-refractivity contribution in [2.45, 2.75) is 38.8 Å². The normalized spacial score (nSPS) is 16.6. The van der Waals surface area contributed by atoms with E-state index in [1.54, 1.807) is 11.8 Å². The molecule has 1 saturated heterocycles. The number of hydrogen-bond acceptors (Lipinski definition) is 5. The summed E-state index contributed by atoms with van der Waals surface area (Å²) < 4.78 is 0. The van der Waals surface area contributed by atoms with Gasteiger partial charge in [0.15, 0.2) is 0 Å². The molecular weight excluding hydrogens is 396 g/mol. The molecule has 8 heteroatoms. The molecule has 1 N–H and O–H groups in total. The number of para-hydroxylation sites is 1. The van der Waals surface area contributed by atoms with Gasteiger partial charge in [-0.2, -0.15) is 0 Å². The number of nitrogens with zero attached hydrogens (tertiary/aromatic N) is 3. The number of nitro benzene ring substituents is 1. The van der Waals surface area contributed by atoms with Crippen LogP contribution in [-0.4, -0.2) is 53.9 Å². The van der Waals surface area contributed by atoms with Crippen molar-refractivity contribution in [2.75, 3.05) is 25.0 Å². The van der Waals surface area contributed by atoms with Gasteiger partial charge in [0, 0.05) is 49.1 Å². The van der Waals surface area contributed by atoms with Crippen LogP contribution in [0.2, 0.25) is 0 Å². The zero-order valence-electron chi connectivity index (χ0n) is 18.1. The third kappa shape index (κ3) is 5.02. The highest BCUT2D eigenvalue weighted by Crippen LogP contribution is 2.24. The Morgan fingerprint density at radius 3 is 2.61 bits per heavy atom. The van der Waals surface area contributed by atoms with Crippen molar-refractivity contribution < 1.29 is 14.5 Å². The summed E-state index contributed by atoms with van der Waals surface area (Å²) in [6.45, 7) is 4.59. The summed E-state index contributed by atoms with van der Waals surface area (Å²) in [4.78, 5) is 40.1. The highest BCUT2D eigenvalue weighted by Gasteiger charge is 2.35. The Kier molecular flexibility index (Phi) is 6.89. The summed E-state index contributed by atoms with van der Waals surface area (Å²) in [6.07, 6.45) is 1.35. The summed E-state index contributed by atoms with van der Waals surface area (Å²) in [6, 6.07) is 13.8. The molecule has 0 aliphatic carbocycles. The molecule has 2 aromatic rings. The second-order valence-electron chi connectivity index (χ2n) is 7.96. The summed E-state index contributed by atoms with van der Waals surface area (Å²) in [5.41, 5.74) is 1.83. The number of amides is 2. The van der Waals surface area contributed by atoms with E-state index in [4.69, 9.17) is 0 Å². The molecule has 8 nitrogen and oxygen atoms in total. The SMILES string of the molecule is Cc1cc(C(=O)N2CCCC2C(=O)NCC(C)N(C)c2ccccc2)ccc1[N+](=O)[O-]. The second kappa shape index (κ2) is 9.59. The smallest absolute Gasteiger partial charge is 0.272 e. The molecule has 1 fully saturated rings. The predicted molar refractivity (Wildman–Crippen MR) is 119 cm³/mol. The molecule has 3 rings (SSSR count). The van der Waals surface area contributed by atoms with Gasteiger partial charge in [-0.15, -0.1) is 0 Å². The number of likely N-dealkylation sites (N-methyl/N-ethyl adjacent to an activating group) is 1. The zero-order valence-corrected chi connectivity index (χ0v) is 18.1. The number of nitro groups is 1. The Morgan fingerprint density at radius 1 is 1.26 bits per heavy atom. The van der Waals surface area contributed by atoms with Crippen LogP contribution < -0.4 is 10.2 Å². The first-order valence-electron chi connectivity index (χ1n) is 10.4. The lowest BCUT2D eigenvalue weighted by molar-refractivity contribution is -0.385. The van der Waals surface area contributed by atoms with Crippen LogP contribution in [0.4, 0.5) is 11.4 Å². The largest absolute Gasteiger partial charge is 0.370 e. The highest BCUT2D eigenvalue weighted by atomic mass is 16.6. The molecule has 1 heterocycles. The fourth-order valence-corrected chi connectivity index (χ4v) is 3.86. The standard InChI is InChI=1S/C23H28N4O4/c1-16-14-18(11-12-20(16)27(30)31)23(29)26-13-7-10-21(26)22(28)24-15-17(2)25(3)19-8-5-4-6-9-19/h4-6,8-9,11-12,14,17,21H,7,10,13,15H2,1-3H3,(H,24,28). The molecule has 1 aliphatic heterocycles. The molecule has 31 heavy (non-hydrogen) atoms. The average molecular weight is 425 g/mol. The number of benzene rings is 2. The molecule has 0 saturated carbocycles. The average Bonchev–Trinajstić information content (AvgIpc) is 3.26. The van der Waals surface area contributed by atoms with Gasteiger partial charge in [0.2, 0.25) is 5.91 Å². The number of anilines is 1. The topological polar surface area (TPSA) is 95.8 Å². The molecule has 2 unspecified atom stereocenters. The first-order chi connectivity index (χ1) is 14.8. The number of hydrogen-bond donors (Lipinski definition) is 1. The van der Waals surface area contributed by atoms with Crippen LogP contribution in [-0.2, 0) is 4.79 Å². The molecule has 164 valence electrons. The molecule has 2 aromatic carbocycles. The Bertz CT molecular complexity index is 963. The quantitative estimate of drug-likeness (QED) is 0.544. The third-order valence-electron chi connectivity index (χ3n) is 5.85. The molecule has 0 spiro atoms. The minimum Gasteiger partial charge on any atom is -0.370 e. The maximum absolute atomic E-state index is 13.0. The van der Waals surface area contributed by atoms with Gasteiger partial charge in [0.25, 0.3) is 11.6 Å². The fourth-order valence-electron chi connectivity index (χ4n) is 3.86. The van der Waals surface area contributed by atoms with Crippen LogP contribution in [0.3, 0.4) is 0 Å². The van der Waals surface area contributed by atoms with Crippen molar-refractivity contribution in [1.82, 2.24) is 10.2 Å². The maximum Gasteiger partial charge on any atom is 0.272 e. The van der Waals surface area contributed by atoms with E-state index in [-0.39, 0.29) is 23.5 Å². The zero-order chi connectivity index (χ0) is 22.5. The monoisotopic (exact) mass is 424 g/mol. The van der Waals surface area contributed by atoms with Crippen LogP contribution in [0.1, 0.15) is 35.7 Å². The first-order valence-corrected chi connectivity index (χ1v) is 10.4. The molecule has 2 atom stereocenters. The number of nitrogens with one attached hydrogen (secondary N) is 1. The molecule has 2 amide bonds. The van der Waals surface area contributed by atoms with Gasteiger partial charge in [0.1, 0.15) is 6.04 Å². The van der Waals surface area contributed by atoms with Gasteiger partial charge in [-0.25, -0.2) is 0 Å². The van der Waals surface area contributed by atoms with E-state index in [2.05, 4.69) is 10.2 Å². The van der Waals surface area contributed by atoms with E-state index in [1.165, 1.54) is 18.2 Å². The Balaban J connectivity index is 1.63. The van der Waals surface area contributed by atoms with Crippen molar-refractivity contribution in [3.63, 3.8) is 0 Å². The Morgan fingerprint density at radius 2 is 1.97 bits per heavy atom. The predicted octanol–water partition coefficient (Wildman–Crippen LogP) is 3.15. The molecule has 0 bridgehead atoms. The minimum absolute atomic E-state index is 0.0243. The van der Waals surface area contributed by atoms with Crippen LogP contribution >= 0.6 is 0 Å². The fraction of sp³-hybridized carbons (Fsp3) is 0.391. The third-order valence-corrected chi connectivity index (χ3v) is 5.85. The van der Waals surface area contributed by atoms with E-state index in [0.29, 0.717) is 30.6 Å². The van der Waals surface area contributed by atoms with Crippen molar-refractivity contribution in [2.24, 2.45) is 0 Å². The van der Waals surface area contributed by atoms with Crippen LogP contribution in [0.15, 0.2) is 48.5 Å². The Labute approximate surface area is 182 Å². The van der Waals surface area contributed by atoms with Gasteiger partial charge in [-0.1, -0.05) is 18.2 Å². The van der Waals surface area contributed by atoms with Gasteiger partial charge < -0.3 is 15.1 Å². The van der Waals surface area contributed by atoms with E-state index >= 15 is 0 Å². The minimum atomic E-state index is -0.530. The van der Waals surface area contributed by atoms with Crippen molar-refractivity contribution >= 4 is 23.2 Å². The first kappa shape index (κ1) is 22.3. The van der Waals surface area contributed by atoms with Crippen LogP contribution in [0.25, 0.3) is 0 Å². The molecular formula is C23H28N4O4. The molecule has 0 radical (unpaired) electrons. The molecule has 0 aromatic heterocycles. The summed E-state index contributed by atoms with van der Waals surface area (Å²) >= 11 is 0. The van der Waals surface area contributed by atoms with Crippen molar-refractivity contribution in [3.05, 3.63) is 69.8 Å². The summed E-state index contributed by atoms with van der Waals surface area (Å²) in [5.74, 6) is -0.442. The van der Waals surface area contributed by atoms with Crippen LogP contribution in [0.5, 0.6) is 0 Å².